The summed E-state index contributed by atoms with van der Waals surface area (Å²) in [5, 5.41) is 0. The molecular weight excluding hydrogens is 128 g/mol. The lowest BCUT2D eigenvalue weighted by molar-refractivity contribution is 0.970. The van der Waals surface area contributed by atoms with Gasteiger partial charge in [0, 0.05) is 13.2 Å². The molecule has 2 aliphatic rings. The third kappa shape index (κ3) is 0.655. The SMILES string of the molecule is [CH2]n1cnc2ncnc-2c1. The van der Waals surface area contributed by atoms with Crippen molar-refractivity contribution in [2.45, 2.75) is 0 Å². The summed E-state index contributed by atoms with van der Waals surface area (Å²) in [6, 6.07) is 0. The van der Waals surface area contributed by atoms with Gasteiger partial charge in [0.15, 0.2) is 5.82 Å². The van der Waals surface area contributed by atoms with Crippen molar-refractivity contribution in [1.29, 1.82) is 0 Å². The zero-order chi connectivity index (χ0) is 6.97. The second kappa shape index (κ2) is 1.76. The van der Waals surface area contributed by atoms with Gasteiger partial charge in [-0.3, -0.25) is 0 Å². The summed E-state index contributed by atoms with van der Waals surface area (Å²) in [7, 11) is 3.64. The Hall–Kier alpha value is -1.45. The average molecular weight is 133 g/mol. The summed E-state index contributed by atoms with van der Waals surface area (Å²) in [4.78, 5) is 11.8. The fraction of sp³-hybridized carbons (Fsp3) is 0. The normalized spacial score (nSPS) is 10.5. The number of nitrogens with zero attached hydrogens (tertiary/aromatic N) is 4. The third-order valence-electron chi connectivity index (χ3n) is 1.22. The van der Waals surface area contributed by atoms with Crippen molar-refractivity contribution in [2.75, 3.05) is 0 Å². The highest BCUT2D eigenvalue weighted by molar-refractivity contribution is 5.47. The molecule has 0 spiro atoms. The van der Waals surface area contributed by atoms with Gasteiger partial charge >= 0.3 is 0 Å². The minimum Gasteiger partial charge on any atom is -0.335 e. The second-order valence-electron chi connectivity index (χ2n) is 1.97. The molecule has 0 atom stereocenters. The molecule has 2 aliphatic heterocycles. The molecular formula is C6H5N4. The molecule has 0 fully saturated rings. The molecule has 0 N–H and O–H groups in total. The zero-order valence-electron chi connectivity index (χ0n) is 5.23. The Labute approximate surface area is 57.9 Å². The average Bonchev–Trinajstić information content (AvgIpc) is 2.33. The highest BCUT2D eigenvalue weighted by atomic mass is 15.1. The van der Waals surface area contributed by atoms with E-state index in [0.717, 1.165) is 5.69 Å². The molecule has 0 aliphatic carbocycles. The van der Waals surface area contributed by atoms with E-state index in [0.29, 0.717) is 5.82 Å². The highest BCUT2D eigenvalue weighted by Crippen LogP contribution is 2.10. The molecule has 2 rings (SSSR count). The summed E-state index contributed by atoms with van der Waals surface area (Å²) in [5.41, 5.74) is 0.775. The Morgan fingerprint density at radius 3 is 3.10 bits per heavy atom. The van der Waals surface area contributed by atoms with E-state index in [1.165, 1.54) is 6.33 Å². The fourth-order valence-corrected chi connectivity index (χ4v) is 0.779. The number of rotatable bonds is 0. The fourth-order valence-electron chi connectivity index (χ4n) is 0.779. The van der Waals surface area contributed by atoms with Gasteiger partial charge in [-0.05, 0) is 0 Å². The minimum atomic E-state index is 0.667. The maximum atomic E-state index is 3.97. The van der Waals surface area contributed by atoms with Crippen LogP contribution in [0.4, 0.5) is 0 Å². The van der Waals surface area contributed by atoms with E-state index >= 15 is 0 Å². The summed E-state index contributed by atoms with van der Waals surface area (Å²) in [6.07, 6.45) is 4.85. The van der Waals surface area contributed by atoms with Crippen LogP contribution in [0.25, 0.3) is 11.5 Å². The van der Waals surface area contributed by atoms with E-state index < -0.39 is 0 Å². The predicted octanol–water partition coefficient (Wildman–Crippen LogP) is 0.418. The largest absolute Gasteiger partial charge is 0.335 e. The lowest BCUT2D eigenvalue weighted by Crippen LogP contribution is -1.92. The zero-order valence-corrected chi connectivity index (χ0v) is 5.23. The first-order chi connectivity index (χ1) is 4.86. The van der Waals surface area contributed by atoms with Crippen LogP contribution in [-0.2, 0) is 0 Å². The molecule has 0 aromatic rings. The van der Waals surface area contributed by atoms with Crippen molar-refractivity contribution in [1.82, 2.24) is 19.5 Å². The van der Waals surface area contributed by atoms with Crippen LogP contribution < -0.4 is 0 Å². The molecule has 0 aromatic carbocycles. The van der Waals surface area contributed by atoms with Gasteiger partial charge in [0.25, 0.3) is 0 Å². The van der Waals surface area contributed by atoms with Crippen LogP contribution in [0.2, 0.25) is 0 Å². The minimum absolute atomic E-state index is 0.667. The van der Waals surface area contributed by atoms with E-state index in [1.807, 2.05) is 0 Å². The molecule has 0 unspecified atom stereocenters. The summed E-state index contributed by atoms with van der Waals surface area (Å²) in [5.74, 6) is 0.667. The lowest BCUT2D eigenvalue weighted by Gasteiger charge is -1.96. The summed E-state index contributed by atoms with van der Waals surface area (Å²) in [6.45, 7) is 0. The van der Waals surface area contributed by atoms with Crippen molar-refractivity contribution >= 4 is 0 Å². The van der Waals surface area contributed by atoms with Crippen molar-refractivity contribution in [2.24, 2.45) is 0 Å². The van der Waals surface area contributed by atoms with Crippen LogP contribution in [0.15, 0.2) is 18.9 Å². The van der Waals surface area contributed by atoms with Gasteiger partial charge in [-0.15, -0.1) is 0 Å². The van der Waals surface area contributed by atoms with E-state index in [4.69, 9.17) is 0 Å². The number of hydrogen-bond acceptors (Lipinski definition) is 3. The number of hydrogen-bond donors (Lipinski definition) is 0. The van der Waals surface area contributed by atoms with E-state index in [1.54, 1.807) is 17.1 Å². The Kier molecular flexibility index (Phi) is 0.943. The van der Waals surface area contributed by atoms with Gasteiger partial charge < -0.3 is 4.57 Å². The van der Waals surface area contributed by atoms with E-state index in [9.17, 15) is 0 Å². The van der Waals surface area contributed by atoms with Crippen LogP contribution in [0.1, 0.15) is 0 Å². The molecule has 2 heterocycles. The van der Waals surface area contributed by atoms with Crippen molar-refractivity contribution in [3.63, 3.8) is 0 Å². The van der Waals surface area contributed by atoms with Crippen LogP contribution in [-0.4, -0.2) is 19.5 Å². The maximum absolute atomic E-state index is 3.97. The number of imidazole rings is 1. The molecule has 4 nitrogen and oxygen atoms in total. The Bertz CT molecular complexity index is 314. The lowest BCUT2D eigenvalue weighted by atomic mass is 10.4. The van der Waals surface area contributed by atoms with Crippen LogP contribution in [0.3, 0.4) is 0 Å². The van der Waals surface area contributed by atoms with Gasteiger partial charge in [-0.25, -0.2) is 15.0 Å². The van der Waals surface area contributed by atoms with Crippen LogP contribution >= 0.6 is 0 Å². The molecule has 1 radical (unpaired) electrons. The van der Waals surface area contributed by atoms with Crippen LogP contribution in [0.5, 0.6) is 0 Å². The van der Waals surface area contributed by atoms with Gasteiger partial charge in [-0.2, -0.15) is 0 Å². The van der Waals surface area contributed by atoms with Crippen molar-refractivity contribution in [3.05, 3.63) is 25.9 Å². The molecule has 0 amide bonds. The summed E-state index contributed by atoms with van der Waals surface area (Å²) >= 11 is 0. The molecule has 10 heavy (non-hydrogen) atoms. The smallest absolute Gasteiger partial charge is 0.182 e. The molecule has 0 saturated heterocycles. The van der Waals surface area contributed by atoms with Crippen molar-refractivity contribution in [3.8, 4) is 11.5 Å². The van der Waals surface area contributed by atoms with Gasteiger partial charge in [0.1, 0.15) is 12.0 Å². The van der Waals surface area contributed by atoms with E-state index in [-0.39, 0.29) is 0 Å². The standard InChI is InChI=1S/C6H5N4/c1-10-2-5-6(9-4-10)8-3-7-5/h2-4H,1H2. The van der Waals surface area contributed by atoms with Gasteiger partial charge in [0.2, 0.25) is 0 Å². The third-order valence-corrected chi connectivity index (χ3v) is 1.22. The number of fused-ring (bicyclic) bond motifs is 1. The van der Waals surface area contributed by atoms with E-state index in [2.05, 4.69) is 22.0 Å². The Balaban J connectivity index is 2.75. The molecule has 49 valence electrons. The first kappa shape index (κ1) is 5.34. The summed E-state index contributed by atoms with van der Waals surface area (Å²) < 4.78 is 1.59. The van der Waals surface area contributed by atoms with Crippen molar-refractivity contribution < 1.29 is 0 Å². The van der Waals surface area contributed by atoms with Gasteiger partial charge in [0.05, 0.1) is 6.33 Å². The molecule has 0 bridgehead atoms. The Morgan fingerprint density at radius 1 is 1.30 bits per heavy atom. The second-order valence-corrected chi connectivity index (χ2v) is 1.97. The first-order valence-electron chi connectivity index (χ1n) is 2.82. The molecule has 4 heteroatoms. The topological polar surface area (TPSA) is 43.6 Å². The highest BCUT2D eigenvalue weighted by Gasteiger charge is 2.03. The molecule has 0 saturated carbocycles. The predicted molar refractivity (Wildman–Crippen MR) is 35.2 cm³/mol. The monoisotopic (exact) mass is 133 g/mol. The molecule has 0 aromatic heterocycles. The van der Waals surface area contributed by atoms with Crippen LogP contribution in [0, 0.1) is 7.05 Å². The maximum Gasteiger partial charge on any atom is 0.182 e. The van der Waals surface area contributed by atoms with Gasteiger partial charge in [-0.1, -0.05) is 0 Å². The first-order valence-corrected chi connectivity index (χ1v) is 2.82. The number of aromatic nitrogens is 4. The quantitative estimate of drug-likeness (QED) is 0.523. The Morgan fingerprint density at radius 2 is 2.20 bits per heavy atom.